The van der Waals surface area contributed by atoms with Gasteiger partial charge in [-0.3, -0.25) is 9.59 Å². The number of benzene rings is 2. The lowest BCUT2D eigenvalue weighted by Gasteiger charge is -2.08. The Kier molecular flexibility index (Phi) is 7.80. The van der Waals surface area contributed by atoms with Crippen LogP contribution < -0.4 is 10.6 Å². The number of esters is 1. The molecule has 8 nitrogen and oxygen atoms in total. The molecule has 2 aromatic carbocycles. The number of carbonyl (C=O) groups excluding carboxylic acids is 3. The second kappa shape index (κ2) is 10.7. The van der Waals surface area contributed by atoms with E-state index < -0.39 is 11.2 Å². The molecule has 2 aromatic rings. The van der Waals surface area contributed by atoms with Gasteiger partial charge in [-0.1, -0.05) is 35.5 Å². The van der Waals surface area contributed by atoms with Gasteiger partial charge < -0.3 is 15.4 Å². The highest BCUT2D eigenvalue weighted by atomic mass is 35.5. The second-order valence-corrected chi connectivity index (χ2v) is 7.98. The average Bonchev–Trinajstić information content (AvgIpc) is 3.09. The van der Waals surface area contributed by atoms with E-state index in [1.54, 1.807) is 55.5 Å². The van der Waals surface area contributed by atoms with Gasteiger partial charge in [0.15, 0.2) is 5.17 Å². The van der Waals surface area contributed by atoms with Crippen molar-refractivity contribution in [2.24, 2.45) is 10.2 Å². The first-order chi connectivity index (χ1) is 14.9. The predicted octanol–water partition coefficient (Wildman–Crippen LogP) is 3.47. The molecule has 10 heteroatoms. The molecule has 0 radical (unpaired) electrons. The van der Waals surface area contributed by atoms with Crippen LogP contribution in [-0.2, 0) is 14.3 Å². The van der Waals surface area contributed by atoms with Crippen molar-refractivity contribution in [1.82, 2.24) is 5.32 Å². The van der Waals surface area contributed by atoms with E-state index in [0.717, 1.165) is 17.3 Å². The maximum absolute atomic E-state index is 12.3. The summed E-state index contributed by atoms with van der Waals surface area (Å²) in [6.45, 7) is 2.02. The van der Waals surface area contributed by atoms with Gasteiger partial charge in [0.05, 0.1) is 18.4 Å². The largest absolute Gasteiger partial charge is 0.462 e. The molecule has 1 aliphatic rings. The molecule has 3 rings (SSSR count). The lowest BCUT2D eigenvalue weighted by Crippen LogP contribution is -2.28. The monoisotopic (exact) mass is 458 g/mol. The summed E-state index contributed by atoms with van der Waals surface area (Å²) in [5.41, 5.74) is 1.72. The standard InChI is InChI=1S/C21H19ClN4O4S/c1-2-30-20(29)14-5-9-16(10-6-14)24-18(27)11-17-19(28)25-21(31-17)26-23-12-13-3-7-15(22)8-4-13/h3-10,12,17H,2,11H2,1H3,(H,24,27)(H,25,26,28)/b23-12+. The molecule has 2 amide bonds. The number of amidine groups is 1. The fourth-order valence-electron chi connectivity index (χ4n) is 2.57. The number of nitrogens with one attached hydrogen (secondary N) is 2. The summed E-state index contributed by atoms with van der Waals surface area (Å²) in [7, 11) is 0. The van der Waals surface area contributed by atoms with Crippen LogP contribution in [0.5, 0.6) is 0 Å². The second-order valence-electron chi connectivity index (χ2n) is 6.35. The SMILES string of the molecule is CCOC(=O)c1ccc(NC(=O)CC2S/C(=N/N=C/c3ccc(Cl)cc3)NC2=O)cc1. The third-order valence-electron chi connectivity index (χ3n) is 4.05. The van der Waals surface area contributed by atoms with Gasteiger partial charge in [0.2, 0.25) is 11.8 Å². The highest BCUT2D eigenvalue weighted by molar-refractivity contribution is 8.15. The van der Waals surface area contributed by atoms with Gasteiger partial charge in [-0.25, -0.2) is 4.79 Å². The van der Waals surface area contributed by atoms with Crippen molar-refractivity contribution < 1.29 is 19.1 Å². The van der Waals surface area contributed by atoms with Gasteiger partial charge in [0, 0.05) is 17.1 Å². The zero-order chi connectivity index (χ0) is 22.2. The van der Waals surface area contributed by atoms with Crippen LogP contribution in [0.2, 0.25) is 5.02 Å². The predicted molar refractivity (Wildman–Crippen MR) is 122 cm³/mol. The van der Waals surface area contributed by atoms with Crippen LogP contribution in [-0.4, -0.2) is 41.0 Å². The Morgan fingerprint density at radius 1 is 1.19 bits per heavy atom. The number of anilines is 1. The minimum absolute atomic E-state index is 0.0317. The van der Waals surface area contributed by atoms with Gasteiger partial charge in [0.1, 0.15) is 5.25 Å². The van der Waals surface area contributed by atoms with Crippen molar-refractivity contribution in [2.45, 2.75) is 18.6 Å². The Labute approximate surface area is 188 Å². The summed E-state index contributed by atoms with van der Waals surface area (Å²) in [6.07, 6.45) is 1.51. The topological polar surface area (TPSA) is 109 Å². The van der Waals surface area contributed by atoms with Crippen LogP contribution >= 0.6 is 23.4 Å². The van der Waals surface area contributed by atoms with Crippen LogP contribution in [0.3, 0.4) is 0 Å². The summed E-state index contributed by atoms with van der Waals surface area (Å²) in [4.78, 5) is 36.1. The van der Waals surface area contributed by atoms with Crippen molar-refractivity contribution in [1.29, 1.82) is 0 Å². The summed E-state index contributed by atoms with van der Waals surface area (Å²) in [5, 5.41) is 13.6. The van der Waals surface area contributed by atoms with E-state index in [0.29, 0.717) is 21.4 Å². The van der Waals surface area contributed by atoms with Crippen molar-refractivity contribution in [3.8, 4) is 0 Å². The van der Waals surface area contributed by atoms with Crippen LogP contribution in [0.25, 0.3) is 0 Å². The lowest BCUT2D eigenvalue weighted by molar-refractivity contribution is -0.122. The summed E-state index contributed by atoms with van der Waals surface area (Å²) < 4.78 is 4.92. The van der Waals surface area contributed by atoms with E-state index in [1.807, 2.05) is 0 Å². The molecule has 0 aromatic heterocycles. The zero-order valence-corrected chi connectivity index (χ0v) is 18.1. The molecule has 1 heterocycles. The maximum Gasteiger partial charge on any atom is 0.338 e. The molecule has 31 heavy (non-hydrogen) atoms. The third-order valence-corrected chi connectivity index (χ3v) is 5.38. The zero-order valence-electron chi connectivity index (χ0n) is 16.5. The molecule has 1 atom stereocenters. The Balaban J connectivity index is 1.51. The molecule has 1 aliphatic heterocycles. The minimum Gasteiger partial charge on any atom is -0.462 e. The highest BCUT2D eigenvalue weighted by Gasteiger charge is 2.32. The van der Waals surface area contributed by atoms with E-state index >= 15 is 0 Å². The third kappa shape index (κ3) is 6.66. The smallest absolute Gasteiger partial charge is 0.338 e. The Morgan fingerprint density at radius 2 is 1.90 bits per heavy atom. The van der Waals surface area contributed by atoms with Crippen molar-refractivity contribution in [3.63, 3.8) is 0 Å². The van der Waals surface area contributed by atoms with Crippen LogP contribution in [0.15, 0.2) is 58.7 Å². The molecule has 0 spiro atoms. The molecule has 160 valence electrons. The van der Waals surface area contributed by atoms with E-state index in [-0.39, 0.29) is 24.8 Å². The molecule has 1 fully saturated rings. The number of ether oxygens (including phenoxy) is 1. The average molecular weight is 459 g/mol. The molecular formula is C21H19ClN4O4S. The number of nitrogens with zero attached hydrogens (tertiary/aromatic N) is 2. The van der Waals surface area contributed by atoms with Crippen molar-refractivity contribution in [2.75, 3.05) is 11.9 Å². The Bertz CT molecular complexity index is 1020. The number of rotatable bonds is 7. The van der Waals surface area contributed by atoms with Crippen molar-refractivity contribution in [3.05, 3.63) is 64.7 Å². The highest BCUT2D eigenvalue weighted by Crippen LogP contribution is 2.23. The quantitative estimate of drug-likeness (QED) is 0.375. The van der Waals surface area contributed by atoms with Crippen LogP contribution in [0, 0.1) is 0 Å². The van der Waals surface area contributed by atoms with E-state index in [4.69, 9.17) is 16.3 Å². The van der Waals surface area contributed by atoms with Gasteiger partial charge >= 0.3 is 5.97 Å². The lowest BCUT2D eigenvalue weighted by atomic mass is 10.2. The van der Waals surface area contributed by atoms with Gasteiger partial charge in [-0.2, -0.15) is 5.10 Å². The Morgan fingerprint density at radius 3 is 2.58 bits per heavy atom. The maximum atomic E-state index is 12.3. The molecule has 0 saturated carbocycles. The normalized spacial score (nSPS) is 17.0. The van der Waals surface area contributed by atoms with E-state index in [1.165, 1.54) is 6.21 Å². The van der Waals surface area contributed by atoms with Gasteiger partial charge in [0.25, 0.3) is 0 Å². The summed E-state index contributed by atoms with van der Waals surface area (Å²) in [5.74, 6) is -1.06. The number of amides is 2. The number of carbonyl (C=O) groups is 3. The number of thioether (sulfide) groups is 1. The van der Waals surface area contributed by atoms with Crippen molar-refractivity contribution >= 4 is 58.2 Å². The van der Waals surface area contributed by atoms with Crippen LogP contribution in [0.1, 0.15) is 29.3 Å². The fourth-order valence-corrected chi connectivity index (χ4v) is 3.62. The van der Waals surface area contributed by atoms with E-state index in [2.05, 4.69) is 20.8 Å². The number of halogens is 1. The molecule has 1 unspecified atom stereocenters. The first-order valence-electron chi connectivity index (χ1n) is 9.35. The van der Waals surface area contributed by atoms with E-state index in [9.17, 15) is 14.4 Å². The number of hydrogen-bond acceptors (Lipinski definition) is 7. The first kappa shape index (κ1) is 22.5. The minimum atomic E-state index is -0.608. The summed E-state index contributed by atoms with van der Waals surface area (Å²) >= 11 is 6.97. The fraction of sp³-hybridized carbons (Fsp3) is 0.190. The van der Waals surface area contributed by atoms with Gasteiger partial charge in [-0.05, 0) is 48.9 Å². The molecule has 0 aliphatic carbocycles. The molecular weight excluding hydrogens is 440 g/mol. The van der Waals surface area contributed by atoms with Crippen LogP contribution in [0.4, 0.5) is 5.69 Å². The Hall–Kier alpha value is -3.17. The summed E-state index contributed by atoms with van der Waals surface area (Å²) in [6, 6.07) is 13.4. The molecule has 0 bridgehead atoms. The molecule has 1 saturated heterocycles. The number of hydrogen-bond donors (Lipinski definition) is 2. The van der Waals surface area contributed by atoms with Gasteiger partial charge in [-0.15, -0.1) is 5.10 Å². The first-order valence-corrected chi connectivity index (χ1v) is 10.6. The molecule has 2 N–H and O–H groups in total.